The molecule has 0 saturated heterocycles. The summed E-state index contributed by atoms with van der Waals surface area (Å²) in [5, 5.41) is 11.9. The third-order valence-corrected chi connectivity index (χ3v) is 3.19. The number of ether oxygens (including phenoxy) is 2. The van der Waals surface area contributed by atoms with Crippen LogP contribution in [0.3, 0.4) is 0 Å². The van der Waals surface area contributed by atoms with Crippen LogP contribution in [0, 0.1) is 11.3 Å². The smallest absolute Gasteiger partial charge is 0.266 e. The van der Waals surface area contributed by atoms with E-state index in [4.69, 9.17) is 9.47 Å². The summed E-state index contributed by atoms with van der Waals surface area (Å²) >= 11 is 0. The Hall–Kier alpha value is -3.26. The predicted molar refractivity (Wildman–Crippen MR) is 92.8 cm³/mol. The van der Waals surface area contributed by atoms with Gasteiger partial charge in [0.05, 0.1) is 13.7 Å². The normalized spacial score (nSPS) is 10.6. The molecular weight excluding hydrogens is 304 g/mol. The molecule has 0 fully saturated rings. The summed E-state index contributed by atoms with van der Waals surface area (Å²) in [6, 6.07) is 16.0. The van der Waals surface area contributed by atoms with Gasteiger partial charge in [0.2, 0.25) is 0 Å². The molecule has 0 radical (unpaired) electrons. The molecule has 0 heterocycles. The molecule has 0 aliphatic rings. The molecule has 5 nitrogen and oxygen atoms in total. The summed E-state index contributed by atoms with van der Waals surface area (Å²) in [5.74, 6) is 0.901. The quantitative estimate of drug-likeness (QED) is 0.651. The third-order valence-electron chi connectivity index (χ3n) is 3.19. The van der Waals surface area contributed by atoms with Crippen molar-refractivity contribution >= 4 is 17.7 Å². The number of methoxy groups -OCH3 is 1. The first-order valence-corrected chi connectivity index (χ1v) is 7.46. The van der Waals surface area contributed by atoms with E-state index in [1.54, 1.807) is 55.6 Å². The minimum absolute atomic E-state index is 0.0157. The zero-order chi connectivity index (χ0) is 17.4. The maximum Gasteiger partial charge on any atom is 0.266 e. The topological polar surface area (TPSA) is 71.3 Å². The van der Waals surface area contributed by atoms with E-state index in [0.29, 0.717) is 23.8 Å². The van der Waals surface area contributed by atoms with E-state index in [1.807, 2.05) is 13.0 Å². The molecule has 122 valence electrons. The first kappa shape index (κ1) is 17.1. The van der Waals surface area contributed by atoms with Crippen molar-refractivity contribution in [2.24, 2.45) is 0 Å². The molecule has 0 aliphatic heterocycles. The fourth-order valence-corrected chi connectivity index (χ4v) is 2.04. The number of nitriles is 1. The van der Waals surface area contributed by atoms with Crippen LogP contribution < -0.4 is 14.8 Å². The van der Waals surface area contributed by atoms with Crippen LogP contribution in [0.4, 0.5) is 5.69 Å². The van der Waals surface area contributed by atoms with E-state index < -0.39 is 5.91 Å². The summed E-state index contributed by atoms with van der Waals surface area (Å²) in [6.45, 7) is 2.43. The number of nitrogens with one attached hydrogen (secondary N) is 1. The van der Waals surface area contributed by atoms with Crippen molar-refractivity contribution in [2.45, 2.75) is 6.92 Å². The number of anilines is 1. The first-order chi connectivity index (χ1) is 11.7. The van der Waals surface area contributed by atoms with Crippen molar-refractivity contribution in [3.63, 3.8) is 0 Å². The van der Waals surface area contributed by atoms with E-state index in [2.05, 4.69) is 5.32 Å². The van der Waals surface area contributed by atoms with Crippen LogP contribution >= 0.6 is 0 Å². The van der Waals surface area contributed by atoms with Gasteiger partial charge in [0.25, 0.3) is 5.91 Å². The van der Waals surface area contributed by atoms with Gasteiger partial charge < -0.3 is 14.8 Å². The Morgan fingerprint density at radius 3 is 2.58 bits per heavy atom. The van der Waals surface area contributed by atoms with Crippen molar-refractivity contribution in [1.29, 1.82) is 5.26 Å². The lowest BCUT2D eigenvalue weighted by Gasteiger charge is -2.07. The SMILES string of the molecule is CCOc1cccc(NC(=O)C(C#N)=Cc2ccc(OC)cc2)c1. The highest BCUT2D eigenvalue weighted by atomic mass is 16.5. The molecule has 2 aromatic rings. The van der Waals surface area contributed by atoms with Gasteiger partial charge >= 0.3 is 0 Å². The van der Waals surface area contributed by atoms with Gasteiger partial charge in [0, 0.05) is 11.8 Å². The first-order valence-electron chi connectivity index (χ1n) is 7.46. The maximum absolute atomic E-state index is 12.3. The molecule has 1 N–H and O–H groups in total. The summed E-state index contributed by atoms with van der Waals surface area (Å²) in [5.41, 5.74) is 1.33. The summed E-state index contributed by atoms with van der Waals surface area (Å²) in [4.78, 5) is 12.3. The Morgan fingerprint density at radius 1 is 1.21 bits per heavy atom. The largest absolute Gasteiger partial charge is 0.497 e. The lowest BCUT2D eigenvalue weighted by Crippen LogP contribution is -2.13. The fraction of sp³-hybridized carbons (Fsp3) is 0.158. The second kappa shape index (κ2) is 8.39. The molecule has 0 unspecified atom stereocenters. The molecule has 0 saturated carbocycles. The van der Waals surface area contributed by atoms with E-state index in [0.717, 1.165) is 5.56 Å². The van der Waals surface area contributed by atoms with Crippen molar-refractivity contribution in [1.82, 2.24) is 0 Å². The number of carbonyl (C=O) groups is 1. The highest BCUT2D eigenvalue weighted by Gasteiger charge is 2.10. The summed E-state index contributed by atoms with van der Waals surface area (Å²) < 4.78 is 10.5. The van der Waals surface area contributed by atoms with Gasteiger partial charge in [-0.25, -0.2) is 0 Å². The summed E-state index contributed by atoms with van der Waals surface area (Å²) in [7, 11) is 1.58. The Morgan fingerprint density at radius 2 is 1.96 bits per heavy atom. The molecule has 2 rings (SSSR count). The minimum atomic E-state index is -0.470. The minimum Gasteiger partial charge on any atom is -0.497 e. The number of rotatable bonds is 6. The van der Waals surface area contributed by atoms with Crippen LogP contribution in [0.2, 0.25) is 0 Å². The van der Waals surface area contributed by atoms with Crippen LogP contribution in [0.5, 0.6) is 11.5 Å². The van der Waals surface area contributed by atoms with Crippen LogP contribution in [0.15, 0.2) is 54.1 Å². The average molecular weight is 322 g/mol. The molecular formula is C19H18N2O3. The number of hydrogen-bond acceptors (Lipinski definition) is 4. The van der Waals surface area contributed by atoms with E-state index in [9.17, 15) is 10.1 Å². The molecule has 0 spiro atoms. The number of hydrogen-bond donors (Lipinski definition) is 1. The lowest BCUT2D eigenvalue weighted by molar-refractivity contribution is -0.112. The molecule has 0 aliphatic carbocycles. The molecule has 0 aromatic heterocycles. The van der Waals surface area contributed by atoms with Crippen LogP contribution in [-0.2, 0) is 4.79 Å². The second-order valence-corrected chi connectivity index (χ2v) is 4.86. The Kier molecular flexibility index (Phi) is 5.98. The van der Waals surface area contributed by atoms with Gasteiger partial charge in [-0.3, -0.25) is 4.79 Å². The highest BCUT2D eigenvalue weighted by molar-refractivity contribution is 6.09. The van der Waals surface area contributed by atoms with Crippen LogP contribution in [-0.4, -0.2) is 19.6 Å². The molecule has 24 heavy (non-hydrogen) atoms. The zero-order valence-electron chi connectivity index (χ0n) is 13.6. The van der Waals surface area contributed by atoms with Crippen LogP contribution in [0.25, 0.3) is 6.08 Å². The predicted octanol–water partition coefficient (Wildman–Crippen LogP) is 3.64. The monoisotopic (exact) mass is 322 g/mol. The standard InChI is InChI=1S/C19H18N2O3/c1-3-24-18-6-4-5-16(12-18)21-19(22)15(13-20)11-14-7-9-17(23-2)10-8-14/h4-12H,3H2,1-2H3,(H,21,22). The molecule has 1 amide bonds. The second-order valence-electron chi connectivity index (χ2n) is 4.86. The Balaban J connectivity index is 2.14. The molecule has 0 bridgehead atoms. The van der Waals surface area contributed by atoms with Crippen molar-refractivity contribution < 1.29 is 14.3 Å². The van der Waals surface area contributed by atoms with E-state index in [1.165, 1.54) is 6.08 Å². The van der Waals surface area contributed by atoms with Crippen molar-refractivity contribution in [3.05, 3.63) is 59.7 Å². The van der Waals surface area contributed by atoms with Gasteiger partial charge in [-0.15, -0.1) is 0 Å². The van der Waals surface area contributed by atoms with Gasteiger partial charge in [0.15, 0.2) is 0 Å². The van der Waals surface area contributed by atoms with Gasteiger partial charge in [-0.05, 0) is 42.8 Å². The van der Waals surface area contributed by atoms with Gasteiger partial charge in [-0.1, -0.05) is 18.2 Å². The summed E-state index contributed by atoms with van der Waals surface area (Å²) in [6.07, 6.45) is 1.53. The van der Waals surface area contributed by atoms with E-state index >= 15 is 0 Å². The van der Waals surface area contributed by atoms with Crippen LogP contribution in [0.1, 0.15) is 12.5 Å². The van der Waals surface area contributed by atoms with E-state index in [-0.39, 0.29) is 5.57 Å². The number of nitrogens with zero attached hydrogens (tertiary/aromatic N) is 1. The fourth-order valence-electron chi connectivity index (χ4n) is 2.04. The number of amides is 1. The maximum atomic E-state index is 12.3. The highest BCUT2D eigenvalue weighted by Crippen LogP contribution is 2.19. The lowest BCUT2D eigenvalue weighted by atomic mass is 10.1. The zero-order valence-corrected chi connectivity index (χ0v) is 13.6. The number of benzene rings is 2. The van der Waals surface area contributed by atoms with Crippen molar-refractivity contribution in [3.8, 4) is 17.6 Å². The molecule has 0 atom stereocenters. The average Bonchev–Trinajstić information content (AvgIpc) is 2.60. The van der Waals surface area contributed by atoms with Gasteiger partial charge in [-0.2, -0.15) is 5.26 Å². The molecule has 2 aromatic carbocycles. The molecule has 5 heteroatoms. The third kappa shape index (κ3) is 4.62. The Bertz CT molecular complexity index is 774. The Labute approximate surface area is 141 Å². The number of carbonyl (C=O) groups excluding carboxylic acids is 1. The van der Waals surface area contributed by atoms with Gasteiger partial charge in [0.1, 0.15) is 23.1 Å². The van der Waals surface area contributed by atoms with Crippen molar-refractivity contribution in [2.75, 3.05) is 19.0 Å².